The number of carbonyl (C=O) groups excluding carboxylic acids is 1. The second-order valence-corrected chi connectivity index (χ2v) is 8.62. The molecule has 0 aromatic heterocycles. The molecule has 1 aliphatic heterocycles. The van der Waals surface area contributed by atoms with Gasteiger partial charge in [0.15, 0.2) is 0 Å². The zero-order valence-electron chi connectivity index (χ0n) is 14.8. The molecule has 0 N–H and O–H groups in total. The lowest BCUT2D eigenvalue weighted by molar-refractivity contribution is -0.148. The van der Waals surface area contributed by atoms with Crippen LogP contribution in [0.2, 0.25) is 0 Å². The van der Waals surface area contributed by atoms with E-state index in [9.17, 15) is 4.79 Å². The average molecular weight is 324 g/mol. The molecule has 1 aromatic rings. The van der Waals surface area contributed by atoms with Crippen molar-refractivity contribution in [3.63, 3.8) is 0 Å². The van der Waals surface area contributed by atoms with Crippen molar-refractivity contribution >= 4 is 12.1 Å². The normalized spacial score (nSPS) is 38.3. The van der Waals surface area contributed by atoms with E-state index in [1.807, 2.05) is 24.4 Å². The lowest BCUT2D eigenvalue weighted by Crippen LogP contribution is -2.46. The number of fused-ring (bicyclic) bond motifs is 2. The summed E-state index contributed by atoms with van der Waals surface area (Å²) in [6.07, 6.45) is 8.74. The van der Waals surface area contributed by atoms with Crippen molar-refractivity contribution in [2.75, 3.05) is 0 Å². The molecule has 24 heavy (non-hydrogen) atoms. The summed E-state index contributed by atoms with van der Waals surface area (Å²) in [6.45, 7) is 4.57. The zero-order valence-corrected chi connectivity index (χ0v) is 14.8. The second-order valence-electron chi connectivity index (χ2n) is 8.62. The first-order valence-electron chi connectivity index (χ1n) is 9.46. The Kier molecular flexibility index (Phi) is 3.98. The van der Waals surface area contributed by atoms with Crippen LogP contribution in [0, 0.1) is 23.2 Å². The van der Waals surface area contributed by atoms with Gasteiger partial charge in [-0.25, -0.2) is 5.01 Å². The highest BCUT2D eigenvalue weighted by Crippen LogP contribution is 2.51. The zero-order chi connectivity index (χ0) is 16.7. The van der Waals surface area contributed by atoms with Crippen LogP contribution in [0.25, 0.3) is 0 Å². The monoisotopic (exact) mass is 324 g/mol. The molecule has 1 aromatic carbocycles. The molecule has 4 rings (SSSR count). The van der Waals surface area contributed by atoms with Gasteiger partial charge in [0.05, 0.1) is 6.04 Å². The molecule has 0 radical (unpaired) electrons. The molecule has 2 fully saturated rings. The van der Waals surface area contributed by atoms with Crippen molar-refractivity contribution in [1.82, 2.24) is 5.01 Å². The Morgan fingerprint density at radius 3 is 2.46 bits per heavy atom. The molecular formula is C21H28N2O. The topological polar surface area (TPSA) is 32.7 Å². The summed E-state index contributed by atoms with van der Waals surface area (Å²) in [5.41, 5.74) is 0.958. The number of amides is 1. The molecule has 3 atom stereocenters. The lowest BCUT2D eigenvalue weighted by Gasteiger charge is -2.47. The fraction of sp³-hybridized carbons (Fsp3) is 0.619. The predicted octanol–water partition coefficient (Wildman–Crippen LogP) is 4.80. The van der Waals surface area contributed by atoms with Gasteiger partial charge in [-0.15, -0.1) is 0 Å². The van der Waals surface area contributed by atoms with Crippen molar-refractivity contribution in [1.29, 1.82) is 0 Å². The van der Waals surface area contributed by atoms with Gasteiger partial charge in [0, 0.05) is 18.1 Å². The highest BCUT2D eigenvalue weighted by atomic mass is 16.2. The number of carbonyl (C=O) groups is 1. The lowest BCUT2D eigenvalue weighted by atomic mass is 9.59. The second kappa shape index (κ2) is 6.02. The van der Waals surface area contributed by atoms with Crippen LogP contribution < -0.4 is 0 Å². The van der Waals surface area contributed by atoms with Crippen LogP contribution in [0.15, 0.2) is 35.4 Å². The molecule has 128 valence electrons. The highest BCUT2D eigenvalue weighted by Gasteiger charge is 2.48. The maximum atomic E-state index is 13.4. The van der Waals surface area contributed by atoms with Gasteiger partial charge in [-0.2, -0.15) is 5.10 Å². The standard InChI is InChI=1S/C21H28N2O/c1-15-10-16-12-17(11-15)14-21(2,13-16)20(24)23-19(8-9-22-23)18-6-4-3-5-7-18/h3-7,9,15-17,19H,8,10-14H2,1-2H3. The number of hydrogen-bond donors (Lipinski definition) is 0. The van der Waals surface area contributed by atoms with Crippen molar-refractivity contribution in [2.45, 2.75) is 58.4 Å². The molecule has 3 heteroatoms. The van der Waals surface area contributed by atoms with E-state index < -0.39 is 0 Å². The third-order valence-corrected chi connectivity index (χ3v) is 6.36. The third-order valence-electron chi connectivity index (χ3n) is 6.36. The van der Waals surface area contributed by atoms with Gasteiger partial charge >= 0.3 is 0 Å². The molecule has 3 aliphatic rings. The van der Waals surface area contributed by atoms with Gasteiger partial charge in [0.25, 0.3) is 0 Å². The summed E-state index contributed by atoms with van der Waals surface area (Å²) in [7, 11) is 0. The van der Waals surface area contributed by atoms with Gasteiger partial charge < -0.3 is 0 Å². The van der Waals surface area contributed by atoms with Crippen LogP contribution in [0.4, 0.5) is 0 Å². The molecule has 0 spiro atoms. The average Bonchev–Trinajstić information content (AvgIpc) is 3.03. The van der Waals surface area contributed by atoms with Crippen LogP contribution in [-0.2, 0) is 4.79 Å². The Labute approximate surface area is 145 Å². The fourth-order valence-electron chi connectivity index (χ4n) is 5.60. The minimum atomic E-state index is -0.234. The minimum Gasteiger partial charge on any atom is -0.272 e. The Morgan fingerprint density at radius 2 is 1.79 bits per heavy atom. The minimum absolute atomic E-state index is 0.0798. The van der Waals surface area contributed by atoms with Crippen LogP contribution in [0.3, 0.4) is 0 Å². The van der Waals surface area contributed by atoms with E-state index in [1.54, 1.807) is 5.01 Å². The van der Waals surface area contributed by atoms with E-state index in [2.05, 4.69) is 31.1 Å². The van der Waals surface area contributed by atoms with Gasteiger partial charge in [-0.3, -0.25) is 4.79 Å². The number of benzene rings is 1. The molecule has 1 heterocycles. The largest absolute Gasteiger partial charge is 0.272 e. The summed E-state index contributed by atoms with van der Waals surface area (Å²) >= 11 is 0. The first-order chi connectivity index (χ1) is 11.5. The number of hydrogen-bond acceptors (Lipinski definition) is 2. The summed E-state index contributed by atoms with van der Waals surface area (Å²) < 4.78 is 0. The Morgan fingerprint density at radius 1 is 1.12 bits per heavy atom. The van der Waals surface area contributed by atoms with Crippen molar-refractivity contribution < 1.29 is 4.79 Å². The number of rotatable bonds is 2. The maximum absolute atomic E-state index is 13.4. The van der Waals surface area contributed by atoms with Crippen molar-refractivity contribution in [3.05, 3.63) is 35.9 Å². The van der Waals surface area contributed by atoms with Gasteiger partial charge in [0.2, 0.25) is 5.91 Å². The van der Waals surface area contributed by atoms with Crippen LogP contribution >= 0.6 is 0 Å². The van der Waals surface area contributed by atoms with E-state index in [4.69, 9.17) is 0 Å². The molecule has 2 aliphatic carbocycles. The Hall–Kier alpha value is -1.64. The molecule has 3 unspecified atom stereocenters. The van der Waals surface area contributed by atoms with Crippen LogP contribution in [0.1, 0.15) is 64.0 Å². The predicted molar refractivity (Wildman–Crippen MR) is 96.5 cm³/mol. The van der Waals surface area contributed by atoms with E-state index in [1.165, 1.54) is 24.8 Å². The van der Waals surface area contributed by atoms with E-state index >= 15 is 0 Å². The number of hydrazone groups is 1. The van der Waals surface area contributed by atoms with E-state index in [-0.39, 0.29) is 17.4 Å². The van der Waals surface area contributed by atoms with Crippen molar-refractivity contribution in [2.24, 2.45) is 28.3 Å². The SMILES string of the molecule is CC1CC2CC(C1)CC(C)(C(=O)N1N=CCC1c1ccccc1)C2. The number of nitrogens with zero attached hydrogens (tertiary/aromatic N) is 2. The smallest absolute Gasteiger partial charge is 0.249 e. The van der Waals surface area contributed by atoms with Gasteiger partial charge in [-0.05, 0) is 55.4 Å². The molecule has 2 bridgehead atoms. The highest BCUT2D eigenvalue weighted by molar-refractivity contribution is 5.85. The Bertz CT molecular complexity index is 620. The van der Waals surface area contributed by atoms with E-state index in [0.29, 0.717) is 0 Å². The van der Waals surface area contributed by atoms with Crippen molar-refractivity contribution in [3.8, 4) is 0 Å². The molecule has 2 saturated carbocycles. The summed E-state index contributed by atoms with van der Waals surface area (Å²) in [4.78, 5) is 13.4. The van der Waals surface area contributed by atoms with E-state index in [0.717, 1.165) is 37.0 Å². The summed E-state index contributed by atoms with van der Waals surface area (Å²) in [5.74, 6) is 2.52. The molecular weight excluding hydrogens is 296 g/mol. The third kappa shape index (κ3) is 2.78. The summed E-state index contributed by atoms with van der Waals surface area (Å²) in [5, 5.41) is 6.27. The van der Waals surface area contributed by atoms with Gasteiger partial charge in [0.1, 0.15) is 0 Å². The first kappa shape index (κ1) is 15.9. The molecule has 1 amide bonds. The Balaban J connectivity index is 1.55. The maximum Gasteiger partial charge on any atom is 0.249 e. The fourth-order valence-corrected chi connectivity index (χ4v) is 5.60. The van der Waals surface area contributed by atoms with Crippen LogP contribution in [-0.4, -0.2) is 17.1 Å². The summed E-state index contributed by atoms with van der Waals surface area (Å²) in [6, 6.07) is 10.4. The molecule has 3 nitrogen and oxygen atoms in total. The van der Waals surface area contributed by atoms with Crippen LogP contribution in [0.5, 0.6) is 0 Å². The molecule has 0 saturated heterocycles. The quantitative estimate of drug-likeness (QED) is 0.769. The van der Waals surface area contributed by atoms with Gasteiger partial charge in [-0.1, -0.05) is 44.2 Å². The first-order valence-corrected chi connectivity index (χ1v) is 9.46.